The minimum absolute atomic E-state index is 0.0255. The SMILES string of the molecule is CC(C)OC(=O)c1ccc(N2C(=O)C(=O)/C(=C(/O)c3ccccc3)C2c2cccnc2)cc1. The van der Waals surface area contributed by atoms with Gasteiger partial charge in [-0.25, -0.2) is 4.79 Å². The molecule has 0 saturated carbocycles. The average molecular weight is 442 g/mol. The van der Waals surface area contributed by atoms with Gasteiger partial charge in [-0.15, -0.1) is 0 Å². The van der Waals surface area contributed by atoms with Crippen LogP contribution in [-0.4, -0.2) is 33.9 Å². The number of ketones is 1. The van der Waals surface area contributed by atoms with E-state index in [4.69, 9.17) is 4.74 Å². The Morgan fingerprint density at radius 1 is 0.970 bits per heavy atom. The molecule has 1 saturated heterocycles. The minimum Gasteiger partial charge on any atom is -0.507 e. The highest BCUT2D eigenvalue weighted by Crippen LogP contribution is 2.41. The maximum absolute atomic E-state index is 13.1. The highest BCUT2D eigenvalue weighted by atomic mass is 16.5. The number of carbonyl (C=O) groups is 3. The summed E-state index contributed by atoms with van der Waals surface area (Å²) in [6.07, 6.45) is 2.87. The first kappa shape index (κ1) is 22.0. The average Bonchev–Trinajstić information content (AvgIpc) is 3.10. The number of aliphatic hydroxyl groups excluding tert-OH is 1. The lowest BCUT2D eigenvalue weighted by atomic mass is 9.96. The van der Waals surface area contributed by atoms with Gasteiger partial charge in [-0.05, 0) is 49.7 Å². The molecule has 166 valence electrons. The maximum atomic E-state index is 13.1. The largest absolute Gasteiger partial charge is 0.507 e. The fourth-order valence-corrected chi connectivity index (χ4v) is 3.74. The molecule has 7 nitrogen and oxygen atoms in total. The standard InChI is InChI=1S/C26H22N2O5/c1-16(2)33-26(32)18-10-12-20(13-11-18)28-22(19-9-6-14-27-15-19)21(24(30)25(28)31)23(29)17-7-4-3-5-8-17/h3-16,22,29H,1-2H3/b23-21+. The Kier molecular flexibility index (Phi) is 6.04. The smallest absolute Gasteiger partial charge is 0.338 e. The van der Waals surface area contributed by atoms with Crippen molar-refractivity contribution < 1.29 is 24.2 Å². The minimum atomic E-state index is -0.882. The number of amides is 1. The molecule has 1 amide bonds. The number of benzene rings is 2. The third-order valence-electron chi connectivity index (χ3n) is 5.22. The van der Waals surface area contributed by atoms with Gasteiger partial charge < -0.3 is 9.84 Å². The second-order valence-corrected chi connectivity index (χ2v) is 7.82. The van der Waals surface area contributed by atoms with E-state index in [2.05, 4.69) is 4.98 Å². The molecule has 0 spiro atoms. The molecule has 1 atom stereocenters. The fourth-order valence-electron chi connectivity index (χ4n) is 3.74. The molecule has 0 radical (unpaired) electrons. The number of anilines is 1. The van der Waals surface area contributed by atoms with Crippen molar-refractivity contribution in [2.75, 3.05) is 4.90 Å². The second kappa shape index (κ2) is 9.08. The summed E-state index contributed by atoms with van der Waals surface area (Å²) < 4.78 is 5.21. The van der Waals surface area contributed by atoms with Crippen LogP contribution in [0.1, 0.15) is 41.4 Å². The molecule has 7 heteroatoms. The van der Waals surface area contributed by atoms with Crippen molar-refractivity contribution in [3.8, 4) is 0 Å². The van der Waals surface area contributed by atoms with E-state index in [9.17, 15) is 19.5 Å². The number of hydrogen-bond acceptors (Lipinski definition) is 6. The predicted octanol–water partition coefficient (Wildman–Crippen LogP) is 4.27. The van der Waals surface area contributed by atoms with E-state index >= 15 is 0 Å². The van der Waals surface area contributed by atoms with E-state index in [1.807, 2.05) is 0 Å². The van der Waals surface area contributed by atoms with Gasteiger partial charge in [-0.1, -0.05) is 36.4 Å². The van der Waals surface area contributed by atoms with Gasteiger partial charge in [0.05, 0.1) is 23.3 Å². The second-order valence-electron chi connectivity index (χ2n) is 7.82. The Morgan fingerprint density at radius 2 is 1.67 bits per heavy atom. The molecule has 1 N–H and O–H groups in total. The number of pyridine rings is 1. The van der Waals surface area contributed by atoms with Crippen molar-refractivity contribution in [2.45, 2.75) is 26.0 Å². The maximum Gasteiger partial charge on any atom is 0.338 e. The number of nitrogens with zero attached hydrogens (tertiary/aromatic N) is 2. The van der Waals surface area contributed by atoms with E-state index in [0.29, 0.717) is 22.4 Å². The number of hydrogen-bond donors (Lipinski definition) is 1. The topological polar surface area (TPSA) is 96.8 Å². The first-order chi connectivity index (χ1) is 15.9. The molecule has 1 fully saturated rings. The van der Waals surface area contributed by atoms with Crippen molar-refractivity contribution in [3.05, 3.63) is 101 Å². The van der Waals surface area contributed by atoms with Gasteiger partial charge >= 0.3 is 5.97 Å². The Hall–Kier alpha value is -4.26. The van der Waals surface area contributed by atoms with Gasteiger partial charge in [0.2, 0.25) is 0 Å². The molecule has 1 aliphatic heterocycles. The molecule has 4 rings (SSSR count). The van der Waals surface area contributed by atoms with Crippen molar-refractivity contribution in [1.29, 1.82) is 0 Å². The third-order valence-corrected chi connectivity index (χ3v) is 5.22. The van der Waals surface area contributed by atoms with E-state index in [0.717, 1.165) is 0 Å². The monoisotopic (exact) mass is 442 g/mol. The number of aliphatic hydroxyl groups is 1. The van der Waals surface area contributed by atoms with Crippen LogP contribution in [0.4, 0.5) is 5.69 Å². The Balaban J connectivity index is 1.81. The number of rotatable bonds is 5. The quantitative estimate of drug-likeness (QED) is 0.274. The summed E-state index contributed by atoms with van der Waals surface area (Å²) in [5.74, 6) is -2.32. The molecule has 2 heterocycles. The summed E-state index contributed by atoms with van der Waals surface area (Å²) in [4.78, 5) is 43.8. The molecule has 33 heavy (non-hydrogen) atoms. The molecular weight excluding hydrogens is 420 g/mol. The molecule has 1 aliphatic rings. The van der Waals surface area contributed by atoms with Gasteiger partial charge in [-0.3, -0.25) is 19.5 Å². The lowest BCUT2D eigenvalue weighted by Crippen LogP contribution is -2.29. The van der Waals surface area contributed by atoms with Crippen LogP contribution in [0.15, 0.2) is 84.7 Å². The van der Waals surface area contributed by atoms with E-state index in [1.54, 1.807) is 80.8 Å². The normalized spacial score (nSPS) is 17.4. The van der Waals surface area contributed by atoms with Crippen molar-refractivity contribution in [1.82, 2.24) is 4.98 Å². The first-order valence-corrected chi connectivity index (χ1v) is 10.5. The van der Waals surface area contributed by atoms with E-state index < -0.39 is 23.7 Å². The van der Waals surface area contributed by atoms with Crippen molar-refractivity contribution in [2.24, 2.45) is 0 Å². The number of esters is 1. The molecule has 1 unspecified atom stereocenters. The van der Waals surface area contributed by atoms with Gasteiger partial charge in [0.15, 0.2) is 0 Å². The molecule has 2 aromatic carbocycles. The van der Waals surface area contributed by atoms with Crippen LogP contribution < -0.4 is 4.90 Å². The van der Waals surface area contributed by atoms with E-state index in [1.165, 1.54) is 17.0 Å². The zero-order valence-electron chi connectivity index (χ0n) is 18.1. The molecule has 3 aromatic rings. The lowest BCUT2D eigenvalue weighted by Gasteiger charge is -2.25. The number of carbonyl (C=O) groups excluding carboxylic acids is 3. The van der Waals surface area contributed by atoms with Crippen molar-refractivity contribution >= 4 is 29.1 Å². The zero-order valence-corrected chi connectivity index (χ0v) is 18.1. The van der Waals surface area contributed by atoms with Crippen LogP contribution in [0.25, 0.3) is 5.76 Å². The molecule has 1 aromatic heterocycles. The van der Waals surface area contributed by atoms with Crippen LogP contribution in [0.5, 0.6) is 0 Å². The molecule has 0 bridgehead atoms. The van der Waals surface area contributed by atoms with Crippen LogP contribution >= 0.6 is 0 Å². The number of Topliss-reactive ketones (excluding diaryl/α,β-unsaturated/α-hetero) is 1. The first-order valence-electron chi connectivity index (χ1n) is 10.5. The predicted molar refractivity (Wildman–Crippen MR) is 122 cm³/mol. The van der Waals surface area contributed by atoms with Crippen LogP contribution in [0, 0.1) is 0 Å². The summed E-state index contributed by atoms with van der Waals surface area (Å²) in [6, 6.07) is 17.4. The fraction of sp³-hybridized carbons (Fsp3) is 0.154. The Morgan fingerprint density at radius 3 is 2.27 bits per heavy atom. The van der Waals surface area contributed by atoms with Crippen LogP contribution in [0.2, 0.25) is 0 Å². The van der Waals surface area contributed by atoms with Crippen molar-refractivity contribution in [3.63, 3.8) is 0 Å². The summed E-state index contributed by atoms with van der Waals surface area (Å²) in [7, 11) is 0. The number of aromatic nitrogens is 1. The highest BCUT2D eigenvalue weighted by Gasteiger charge is 2.47. The Labute approximate surface area is 191 Å². The van der Waals surface area contributed by atoms with Gasteiger partial charge in [0, 0.05) is 23.6 Å². The highest BCUT2D eigenvalue weighted by molar-refractivity contribution is 6.51. The van der Waals surface area contributed by atoms with Gasteiger partial charge in [0.1, 0.15) is 5.76 Å². The Bertz CT molecular complexity index is 1220. The van der Waals surface area contributed by atoms with Crippen LogP contribution in [0.3, 0.4) is 0 Å². The lowest BCUT2D eigenvalue weighted by molar-refractivity contribution is -0.132. The third kappa shape index (κ3) is 4.25. The van der Waals surface area contributed by atoms with E-state index in [-0.39, 0.29) is 17.4 Å². The van der Waals surface area contributed by atoms with Gasteiger partial charge in [0.25, 0.3) is 11.7 Å². The summed E-state index contributed by atoms with van der Waals surface area (Å²) in [6.45, 7) is 3.51. The number of ether oxygens (including phenoxy) is 1. The van der Waals surface area contributed by atoms with Crippen LogP contribution in [-0.2, 0) is 14.3 Å². The van der Waals surface area contributed by atoms with Gasteiger partial charge in [-0.2, -0.15) is 0 Å². The summed E-state index contributed by atoms with van der Waals surface area (Å²) >= 11 is 0. The molecule has 0 aliphatic carbocycles. The zero-order chi connectivity index (χ0) is 23.5. The summed E-state index contributed by atoms with van der Waals surface area (Å²) in [5, 5.41) is 11.0. The summed E-state index contributed by atoms with van der Waals surface area (Å²) in [5.41, 5.74) is 1.70. The molecular formula is C26H22N2O5.